The predicted molar refractivity (Wildman–Crippen MR) is 48.2 cm³/mol. The van der Waals surface area contributed by atoms with Crippen LogP contribution in [-0.2, 0) is 4.79 Å². The highest BCUT2D eigenvalue weighted by Gasteiger charge is 1.98. The SMILES string of the molecule is N=C(CC[C]=O)c1ccccc1. The third kappa shape index (κ3) is 2.31. The first-order valence-corrected chi connectivity index (χ1v) is 3.82. The molecule has 0 aromatic heterocycles. The Bertz CT molecular complexity index is 266. The lowest BCUT2D eigenvalue weighted by molar-refractivity contribution is 0.552. The highest BCUT2D eigenvalue weighted by molar-refractivity contribution is 5.98. The molecule has 0 saturated carbocycles. The molecule has 0 saturated heterocycles. The zero-order chi connectivity index (χ0) is 8.81. The van der Waals surface area contributed by atoms with Gasteiger partial charge in [-0.05, 0) is 12.0 Å². The van der Waals surface area contributed by atoms with Gasteiger partial charge in [0.2, 0.25) is 0 Å². The molecule has 0 aliphatic carbocycles. The molecule has 0 spiro atoms. The Morgan fingerprint density at radius 2 is 2.00 bits per heavy atom. The minimum atomic E-state index is 0.313. The van der Waals surface area contributed by atoms with E-state index in [9.17, 15) is 4.79 Å². The Morgan fingerprint density at radius 1 is 1.33 bits per heavy atom. The molecule has 2 heteroatoms. The third-order valence-electron chi connectivity index (χ3n) is 1.60. The molecular weight excluding hydrogens is 150 g/mol. The van der Waals surface area contributed by atoms with Crippen LogP contribution in [0, 0.1) is 5.41 Å². The molecule has 0 aliphatic rings. The lowest BCUT2D eigenvalue weighted by Gasteiger charge is -1.99. The highest BCUT2D eigenvalue weighted by Crippen LogP contribution is 2.03. The monoisotopic (exact) mass is 160 g/mol. The van der Waals surface area contributed by atoms with E-state index in [-0.39, 0.29) is 0 Å². The van der Waals surface area contributed by atoms with Crippen molar-refractivity contribution in [2.24, 2.45) is 0 Å². The van der Waals surface area contributed by atoms with Gasteiger partial charge in [0.15, 0.2) is 6.29 Å². The Hall–Kier alpha value is -1.44. The van der Waals surface area contributed by atoms with E-state index in [1.807, 2.05) is 30.3 Å². The quantitative estimate of drug-likeness (QED) is 0.672. The van der Waals surface area contributed by atoms with Crippen molar-refractivity contribution in [3.05, 3.63) is 35.9 Å². The van der Waals surface area contributed by atoms with E-state index in [1.54, 1.807) is 6.29 Å². The van der Waals surface area contributed by atoms with Gasteiger partial charge in [0.05, 0.1) is 0 Å². The zero-order valence-electron chi connectivity index (χ0n) is 6.71. The number of benzene rings is 1. The smallest absolute Gasteiger partial charge is 0.198 e. The summed E-state index contributed by atoms with van der Waals surface area (Å²) in [7, 11) is 0. The van der Waals surface area contributed by atoms with Crippen molar-refractivity contribution in [2.45, 2.75) is 12.8 Å². The van der Waals surface area contributed by atoms with Crippen molar-refractivity contribution in [3.63, 3.8) is 0 Å². The first-order valence-electron chi connectivity index (χ1n) is 3.82. The summed E-state index contributed by atoms with van der Waals surface area (Å²) in [5.41, 5.74) is 1.38. The topological polar surface area (TPSA) is 40.9 Å². The molecule has 0 atom stereocenters. The van der Waals surface area contributed by atoms with Crippen LogP contribution in [0.3, 0.4) is 0 Å². The van der Waals surface area contributed by atoms with E-state index in [0.29, 0.717) is 18.6 Å². The van der Waals surface area contributed by atoms with Gasteiger partial charge >= 0.3 is 0 Å². The molecule has 0 fully saturated rings. The summed E-state index contributed by atoms with van der Waals surface area (Å²) in [5.74, 6) is 0. The van der Waals surface area contributed by atoms with Gasteiger partial charge in [-0.15, -0.1) is 0 Å². The van der Waals surface area contributed by atoms with Gasteiger partial charge in [0.1, 0.15) is 0 Å². The number of hydrogen-bond acceptors (Lipinski definition) is 2. The maximum Gasteiger partial charge on any atom is 0.198 e. The number of nitrogens with one attached hydrogen (secondary N) is 1. The van der Waals surface area contributed by atoms with Crippen molar-refractivity contribution >= 4 is 12.0 Å². The maximum atomic E-state index is 9.92. The van der Waals surface area contributed by atoms with Crippen LogP contribution < -0.4 is 0 Å². The molecule has 12 heavy (non-hydrogen) atoms. The summed E-state index contributed by atoms with van der Waals surface area (Å²) in [6.45, 7) is 0. The van der Waals surface area contributed by atoms with Crippen molar-refractivity contribution in [3.8, 4) is 0 Å². The maximum absolute atomic E-state index is 9.92. The summed E-state index contributed by atoms with van der Waals surface area (Å²) >= 11 is 0. The third-order valence-corrected chi connectivity index (χ3v) is 1.60. The molecule has 0 aliphatic heterocycles. The normalized spacial score (nSPS) is 9.33. The molecule has 2 nitrogen and oxygen atoms in total. The van der Waals surface area contributed by atoms with E-state index in [1.165, 1.54) is 0 Å². The van der Waals surface area contributed by atoms with Crippen molar-refractivity contribution in [2.75, 3.05) is 0 Å². The first kappa shape index (κ1) is 8.65. The Labute approximate surface area is 71.7 Å². The minimum Gasteiger partial charge on any atom is -0.305 e. The second kappa shape index (κ2) is 4.44. The molecule has 0 heterocycles. The average molecular weight is 160 g/mol. The Morgan fingerprint density at radius 3 is 2.58 bits per heavy atom. The van der Waals surface area contributed by atoms with Crippen LogP contribution in [0.15, 0.2) is 30.3 Å². The van der Waals surface area contributed by atoms with Crippen molar-refractivity contribution in [1.29, 1.82) is 5.41 Å². The van der Waals surface area contributed by atoms with Crippen molar-refractivity contribution < 1.29 is 4.79 Å². The predicted octanol–water partition coefficient (Wildman–Crippen LogP) is 1.94. The fraction of sp³-hybridized carbons (Fsp3) is 0.200. The van der Waals surface area contributed by atoms with Crippen molar-refractivity contribution in [1.82, 2.24) is 0 Å². The van der Waals surface area contributed by atoms with E-state index in [0.717, 1.165) is 5.56 Å². The summed E-state index contributed by atoms with van der Waals surface area (Å²) in [6.07, 6.45) is 2.57. The second-order valence-electron chi connectivity index (χ2n) is 2.49. The van der Waals surface area contributed by atoms with Gasteiger partial charge in [0.25, 0.3) is 0 Å². The minimum absolute atomic E-state index is 0.313. The summed E-state index contributed by atoms with van der Waals surface area (Å²) < 4.78 is 0. The summed E-state index contributed by atoms with van der Waals surface area (Å²) in [5, 5.41) is 7.55. The van der Waals surface area contributed by atoms with Crippen LogP contribution in [0.25, 0.3) is 0 Å². The van der Waals surface area contributed by atoms with Crippen LogP contribution in [0.2, 0.25) is 0 Å². The van der Waals surface area contributed by atoms with Gasteiger partial charge < -0.3 is 5.41 Å². The fourth-order valence-electron chi connectivity index (χ4n) is 0.960. The number of rotatable bonds is 4. The van der Waals surface area contributed by atoms with Gasteiger partial charge in [-0.1, -0.05) is 30.3 Å². The fourth-order valence-corrected chi connectivity index (χ4v) is 0.960. The van der Waals surface area contributed by atoms with E-state index in [4.69, 9.17) is 5.41 Å². The first-order chi connectivity index (χ1) is 5.84. The van der Waals surface area contributed by atoms with E-state index < -0.39 is 0 Å². The van der Waals surface area contributed by atoms with Gasteiger partial charge in [-0.2, -0.15) is 0 Å². The Balaban J connectivity index is 2.59. The molecule has 1 radical (unpaired) electrons. The van der Waals surface area contributed by atoms with Gasteiger partial charge in [0, 0.05) is 12.1 Å². The standard InChI is InChI=1S/C10H10NO/c11-10(7-4-8-12)9-5-2-1-3-6-9/h1-3,5-6,11H,4,7H2. The van der Waals surface area contributed by atoms with Crippen LogP contribution >= 0.6 is 0 Å². The molecule has 0 amide bonds. The van der Waals surface area contributed by atoms with Gasteiger partial charge in [-0.25, -0.2) is 0 Å². The summed E-state index contributed by atoms with van der Waals surface area (Å²) in [4.78, 5) is 9.92. The number of carbonyl (C=O) groups excluding carboxylic acids is 1. The molecule has 0 bridgehead atoms. The highest BCUT2D eigenvalue weighted by atomic mass is 16.1. The summed E-state index contributed by atoms with van der Waals surface area (Å²) in [6, 6.07) is 9.41. The molecular formula is C10H10NO. The molecule has 1 N–H and O–H groups in total. The molecule has 1 aromatic carbocycles. The molecule has 1 aromatic rings. The molecule has 1 rings (SSSR count). The van der Waals surface area contributed by atoms with Gasteiger partial charge in [-0.3, -0.25) is 4.79 Å². The zero-order valence-corrected chi connectivity index (χ0v) is 6.71. The number of hydrogen-bond donors (Lipinski definition) is 1. The average Bonchev–Trinajstić information content (AvgIpc) is 2.15. The van der Waals surface area contributed by atoms with E-state index >= 15 is 0 Å². The van der Waals surface area contributed by atoms with Crippen LogP contribution in [-0.4, -0.2) is 12.0 Å². The van der Waals surface area contributed by atoms with Crippen LogP contribution in [0.4, 0.5) is 0 Å². The molecule has 61 valence electrons. The lowest BCUT2D eigenvalue weighted by Crippen LogP contribution is -1.98. The largest absolute Gasteiger partial charge is 0.305 e. The van der Waals surface area contributed by atoms with Crippen LogP contribution in [0.5, 0.6) is 0 Å². The second-order valence-corrected chi connectivity index (χ2v) is 2.49. The lowest BCUT2D eigenvalue weighted by atomic mass is 10.1. The van der Waals surface area contributed by atoms with E-state index in [2.05, 4.69) is 0 Å². The molecule has 0 unspecified atom stereocenters. The van der Waals surface area contributed by atoms with Crippen LogP contribution in [0.1, 0.15) is 18.4 Å². The Kier molecular flexibility index (Phi) is 3.20.